The first-order valence-electron chi connectivity index (χ1n) is 11.2. The molecule has 3 heterocycles. The summed E-state index contributed by atoms with van der Waals surface area (Å²) in [6.07, 6.45) is 6.46. The van der Waals surface area contributed by atoms with E-state index in [-0.39, 0.29) is 34.7 Å². The molecule has 32 heavy (non-hydrogen) atoms. The SMILES string of the molecule is O=C(N[C@H]1CC[C@@H](NC2CCS(=O)(=O)CC2)CC1)O[C@@H]1CCN(c2cn[nH]c(=O)c2Cl)C1. The Morgan fingerprint density at radius 1 is 1.09 bits per heavy atom. The van der Waals surface area contributed by atoms with Gasteiger partial charge in [0.2, 0.25) is 0 Å². The van der Waals surface area contributed by atoms with Crippen LogP contribution in [-0.4, -0.2) is 73.5 Å². The van der Waals surface area contributed by atoms with E-state index in [9.17, 15) is 18.0 Å². The Labute approximate surface area is 192 Å². The Kier molecular flexibility index (Phi) is 7.26. The summed E-state index contributed by atoms with van der Waals surface area (Å²) >= 11 is 6.06. The predicted molar refractivity (Wildman–Crippen MR) is 121 cm³/mol. The molecule has 0 bridgehead atoms. The van der Waals surface area contributed by atoms with E-state index in [0.717, 1.165) is 25.7 Å². The van der Waals surface area contributed by atoms with Gasteiger partial charge >= 0.3 is 6.09 Å². The molecular formula is C20H30ClN5O5S. The Balaban J connectivity index is 1.17. The summed E-state index contributed by atoms with van der Waals surface area (Å²) in [6.45, 7) is 1.09. The maximum absolute atomic E-state index is 12.4. The van der Waals surface area contributed by atoms with Crippen LogP contribution in [0.1, 0.15) is 44.9 Å². The van der Waals surface area contributed by atoms with Crippen LogP contribution in [0.15, 0.2) is 11.0 Å². The molecule has 1 amide bonds. The number of aromatic amines is 1. The van der Waals surface area contributed by atoms with Crippen LogP contribution in [0.3, 0.4) is 0 Å². The van der Waals surface area contributed by atoms with Crippen LogP contribution in [0.25, 0.3) is 0 Å². The zero-order valence-corrected chi connectivity index (χ0v) is 19.5. The predicted octanol–water partition coefficient (Wildman–Crippen LogP) is 1.21. The average molecular weight is 488 g/mol. The normalized spacial score (nSPS) is 28.4. The first-order valence-corrected chi connectivity index (χ1v) is 13.4. The van der Waals surface area contributed by atoms with Crippen molar-refractivity contribution in [3.05, 3.63) is 21.6 Å². The smallest absolute Gasteiger partial charge is 0.407 e. The van der Waals surface area contributed by atoms with Crippen molar-refractivity contribution in [2.75, 3.05) is 29.5 Å². The second kappa shape index (κ2) is 9.96. The molecule has 1 aliphatic carbocycles. The molecule has 10 nitrogen and oxygen atoms in total. The molecule has 0 spiro atoms. The van der Waals surface area contributed by atoms with Crippen LogP contribution >= 0.6 is 11.6 Å². The molecule has 0 aromatic carbocycles. The molecule has 3 fully saturated rings. The highest BCUT2D eigenvalue weighted by molar-refractivity contribution is 7.91. The molecule has 2 aliphatic heterocycles. The molecule has 1 aromatic rings. The van der Waals surface area contributed by atoms with Crippen molar-refractivity contribution >= 4 is 33.2 Å². The standard InChI is InChI=1S/C20H30ClN5O5S/c21-18-17(11-22-25-19(18)27)26-8-5-16(12-26)31-20(28)24-14-3-1-13(2-4-14)23-15-6-9-32(29,30)10-7-15/h11,13-16,23H,1-10,12H2,(H,24,28)(H,25,27)/t13-,14+,16-/m1/s1. The van der Waals surface area contributed by atoms with Crippen molar-refractivity contribution in [1.29, 1.82) is 0 Å². The zero-order chi connectivity index (χ0) is 22.7. The zero-order valence-electron chi connectivity index (χ0n) is 17.9. The summed E-state index contributed by atoms with van der Waals surface area (Å²) in [5.41, 5.74) is 0.105. The van der Waals surface area contributed by atoms with Gasteiger partial charge in [-0.2, -0.15) is 5.10 Å². The Morgan fingerprint density at radius 2 is 1.75 bits per heavy atom. The number of nitrogens with one attached hydrogen (secondary N) is 3. The van der Waals surface area contributed by atoms with Gasteiger partial charge in [-0.3, -0.25) is 4.79 Å². The van der Waals surface area contributed by atoms with Crippen LogP contribution in [-0.2, 0) is 14.6 Å². The van der Waals surface area contributed by atoms with Crippen LogP contribution in [0, 0.1) is 0 Å². The van der Waals surface area contributed by atoms with Crippen molar-refractivity contribution in [2.24, 2.45) is 0 Å². The van der Waals surface area contributed by atoms with Crippen LogP contribution in [0.5, 0.6) is 0 Å². The fraction of sp³-hybridized carbons (Fsp3) is 0.750. The van der Waals surface area contributed by atoms with Gasteiger partial charge in [0.15, 0.2) is 0 Å². The molecule has 178 valence electrons. The molecule has 2 saturated heterocycles. The number of sulfone groups is 1. The molecule has 1 saturated carbocycles. The van der Waals surface area contributed by atoms with Crippen molar-refractivity contribution in [2.45, 2.75) is 69.2 Å². The van der Waals surface area contributed by atoms with Crippen molar-refractivity contribution in [3.63, 3.8) is 0 Å². The summed E-state index contributed by atoms with van der Waals surface area (Å²) in [6, 6.07) is 0.717. The fourth-order valence-corrected chi connectivity index (χ4v) is 6.49. The Morgan fingerprint density at radius 3 is 2.47 bits per heavy atom. The average Bonchev–Trinajstić information content (AvgIpc) is 3.21. The summed E-state index contributed by atoms with van der Waals surface area (Å²) < 4.78 is 28.7. The number of aromatic nitrogens is 2. The minimum Gasteiger partial charge on any atom is -0.444 e. The van der Waals surface area contributed by atoms with Gasteiger partial charge in [0, 0.05) is 31.1 Å². The summed E-state index contributed by atoms with van der Waals surface area (Å²) in [7, 11) is -2.84. The molecule has 0 unspecified atom stereocenters. The lowest BCUT2D eigenvalue weighted by Crippen LogP contribution is -2.47. The maximum Gasteiger partial charge on any atom is 0.407 e. The van der Waals surface area contributed by atoms with Crippen molar-refractivity contribution < 1.29 is 17.9 Å². The number of hydrogen-bond acceptors (Lipinski definition) is 8. The Hall–Kier alpha value is -1.85. The molecule has 3 N–H and O–H groups in total. The summed E-state index contributed by atoms with van der Waals surface area (Å²) in [5.74, 6) is 0.547. The number of ether oxygens (including phenoxy) is 1. The van der Waals surface area contributed by atoms with Gasteiger partial charge in [0.25, 0.3) is 5.56 Å². The van der Waals surface area contributed by atoms with E-state index in [2.05, 4.69) is 20.8 Å². The van der Waals surface area contributed by atoms with Gasteiger partial charge in [0.1, 0.15) is 21.0 Å². The van der Waals surface area contributed by atoms with E-state index in [0.29, 0.717) is 44.1 Å². The highest BCUT2D eigenvalue weighted by Crippen LogP contribution is 2.26. The number of carbonyl (C=O) groups excluding carboxylic acids is 1. The summed E-state index contributed by atoms with van der Waals surface area (Å²) in [4.78, 5) is 25.9. The summed E-state index contributed by atoms with van der Waals surface area (Å²) in [5, 5.41) is 12.7. The minimum atomic E-state index is -2.84. The Bertz CT molecular complexity index is 965. The lowest BCUT2D eigenvalue weighted by Gasteiger charge is -2.33. The van der Waals surface area contributed by atoms with Crippen LogP contribution in [0.4, 0.5) is 10.5 Å². The molecule has 4 rings (SSSR count). The molecule has 1 aromatic heterocycles. The van der Waals surface area contributed by atoms with E-state index in [1.807, 2.05) is 4.90 Å². The number of nitrogens with zero attached hydrogens (tertiary/aromatic N) is 2. The second-order valence-electron chi connectivity index (χ2n) is 8.95. The number of halogens is 1. The monoisotopic (exact) mass is 487 g/mol. The molecule has 3 aliphatic rings. The topological polar surface area (TPSA) is 133 Å². The third-order valence-electron chi connectivity index (χ3n) is 6.61. The number of carbonyl (C=O) groups is 1. The fourth-order valence-electron chi connectivity index (χ4n) is 4.78. The maximum atomic E-state index is 12.4. The molecule has 12 heteroatoms. The first kappa shape index (κ1) is 23.3. The number of rotatable bonds is 5. The third kappa shape index (κ3) is 5.93. The van der Waals surface area contributed by atoms with Gasteiger partial charge in [-0.15, -0.1) is 0 Å². The lowest BCUT2D eigenvalue weighted by atomic mass is 9.90. The van der Waals surface area contributed by atoms with Crippen molar-refractivity contribution in [3.8, 4) is 0 Å². The second-order valence-corrected chi connectivity index (χ2v) is 11.6. The van der Waals surface area contributed by atoms with Gasteiger partial charge in [-0.25, -0.2) is 18.3 Å². The van der Waals surface area contributed by atoms with E-state index in [1.54, 1.807) is 0 Å². The minimum absolute atomic E-state index is 0.0797. The number of hydrogen-bond donors (Lipinski definition) is 3. The highest BCUT2D eigenvalue weighted by atomic mass is 35.5. The highest BCUT2D eigenvalue weighted by Gasteiger charge is 2.30. The molecule has 1 atom stereocenters. The van der Waals surface area contributed by atoms with Gasteiger partial charge in [-0.05, 0) is 38.5 Å². The van der Waals surface area contributed by atoms with Gasteiger partial charge in [-0.1, -0.05) is 11.6 Å². The van der Waals surface area contributed by atoms with Crippen molar-refractivity contribution in [1.82, 2.24) is 20.8 Å². The van der Waals surface area contributed by atoms with Crippen LogP contribution in [0.2, 0.25) is 5.02 Å². The van der Waals surface area contributed by atoms with Gasteiger partial charge < -0.3 is 20.3 Å². The van der Waals surface area contributed by atoms with E-state index < -0.39 is 21.5 Å². The number of amides is 1. The lowest BCUT2D eigenvalue weighted by molar-refractivity contribution is 0.102. The van der Waals surface area contributed by atoms with E-state index in [4.69, 9.17) is 16.3 Å². The third-order valence-corrected chi connectivity index (χ3v) is 8.69. The quantitative estimate of drug-likeness (QED) is 0.564. The molecule has 0 radical (unpaired) electrons. The van der Waals surface area contributed by atoms with E-state index >= 15 is 0 Å². The number of alkyl carbamates (subject to hydrolysis) is 1. The number of H-pyrrole nitrogens is 1. The largest absolute Gasteiger partial charge is 0.444 e. The molecular weight excluding hydrogens is 458 g/mol. The van der Waals surface area contributed by atoms with Crippen LogP contribution < -0.4 is 21.1 Å². The van der Waals surface area contributed by atoms with Gasteiger partial charge in [0.05, 0.1) is 29.9 Å². The van der Waals surface area contributed by atoms with E-state index in [1.165, 1.54) is 6.20 Å². The first-order chi connectivity index (χ1) is 15.3. The number of anilines is 1.